The van der Waals surface area contributed by atoms with Crippen molar-refractivity contribution in [1.82, 2.24) is 38.8 Å². The Balaban J connectivity index is 1.02. The van der Waals surface area contributed by atoms with Crippen LogP contribution in [-0.4, -0.2) is 78.1 Å². The van der Waals surface area contributed by atoms with Crippen molar-refractivity contribution in [3.63, 3.8) is 0 Å². The van der Waals surface area contributed by atoms with Crippen LogP contribution in [0.5, 0.6) is 0 Å². The van der Waals surface area contributed by atoms with Crippen LogP contribution in [0, 0.1) is 5.82 Å². The number of aromatic nitrogens is 5. The maximum atomic E-state index is 14.6. The lowest BCUT2D eigenvalue weighted by Crippen LogP contribution is -2.45. The van der Waals surface area contributed by atoms with Crippen molar-refractivity contribution in [3.8, 4) is 16.8 Å². The molecule has 2 aliphatic heterocycles. The van der Waals surface area contributed by atoms with Crippen LogP contribution in [0.3, 0.4) is 0 Å². The standard InChI is InChI=1S/C41H47FN8O3/c1-2-17-46-19-21-47(22-20-46)26-28-9-11-29(12-10-28)30-6-5-7-34(23-30)49-38-35(24-31(42)25-43-38)40(52)50(41(49)53)33-15-13-32(14-16-33)44-39(51)36-27-48-18-4-3-8-37(48)45-36/h5-7,9-12,23-25,27,32-33H,2-4,8,13-22,26H2,1H3,(H,44,51)/t32-,33+. The van der Waals surface area contributed by atoms with Crippen molar-refractivity contribution in [2.24, 2.45) is 0 Å². The molecule has 0 radical (unpaired) electrons. The molecule has 11 nitrogen and oxygen atoms in total. The molecule has 1 N–H and O–H groups in total. The highest BCUT2D eigenvalue weighted by atomic mass is 19.1. The zero-order valence-corrected chi connectivity index (χ0v) is 30.3. The second kappa shape index (κ2) is 15.2. The van der Waals surface area contributed by atoms with Crippen LogP contribution in [-0.2, 0) is 19.5 Å². The minimum absolute atomic E-state index is 0.0501. The van der Waals surface area contributed by atoms with Crippen molar-refractivity contribution in [2.45, 2.75) is 83.5 Å². The molecule has 3 aliphatic rings. The Hall–Kier alpha value is -4.94. The third-order valence-corrected chi connectivity index (χ3v) is 11.2. The highest BCUT2D eigenvalue weighted by Crippen LogP contribution is 2.29. The van der Waals surface area contributed by atoms with Gasteiger partial charge in [0.15, 0.2) is 5.65 Å². The molecular formula is C41H47FN8O3. The molecule has 2 fully saturated rings. The number of nitrogens with zero attached hydrogens (tertiary/aromatic N) is 7. The number of imidazole rings is 1. The quantitative estimate of drug-likeness (QED) is 0.220. The number of aryl methyl sites for hydroxylation is 2. The maximum absolute atomic E-state index is 14.6. The average Bonchev–Trinajstić information content (AvgIpc) is 3.62. The summed E-state index contributed by atoms with van der Waals surface area (Å²) >= 11 is 0. The molecule has 0 spiro atoms. The van der Waals surface area contributed by atoms with Crippen molar-refractivity contribution >= 4 is 16.9 Å². The normalized spacial score (nSPS) is 19.7. The lowest BCUT2D eigenvalue weighted by Gasteiger charge is -2.34. The lowest BCUT2D eigenvalue weighted by molar-refractivity contribution is 0.0917. The Bertz CT molecular complexity index is 2200. The van der Waals surface area contributed by atoms with Gasteiger partial charge in [0, 0.05) is 64.0 Å². The van der Waals surface area contributed by atoms with Gasteiger partial charge in [0.25, 0.3) is 11.5 Å². The molecule has 1 amide bonds. The number of hydrogen-bond acceptors (Lipinski definition) is 7. The fraction of sp³-hybridized carbons (Fsp3) is 0.439. The molecule has 3 aromatic heterocycles. The van der Waals surface area contributed by atoms with E-state index in [1.165, 1.54) is 27.2 Å². The van der Waals surface area contributed by atoms with Gasteiger partial charge in [-0.05, 0) is 86.4 Å². The zero-order valence-electron chi connectivity index (χ0n) is 30.3. The summed E-state index contributed by atoms with van der Waals surface area (Å²) in [4.78, 5) is 55.2. The van der Waals surface area contributed by atoms with Crippen LogP contribution < -0.4 is 16.6 Å². The summed E-state index contributed by atoms with van der Waals surface area (Å²) in [5.74, 6) is 0.113. The highest BCUT2D eigenvalue weighted by molar-refractivity contribution is 5.92. The number of carbonyl (C=O) groups is 1. The summed E-state index contributed by atoms with van der Waals surface area (Å²) in [6.45, 7) is 9.53. The summed E-state index contributed by atoms with van der Waals surface area (Å²) in [5, 5.41) is 3.17. The Kier molecular flexibility index (Phi) is 10.1. The third-order valence-electron chi connectivity index (χ3n) is 11.2. The average molecular weight is 719 g/mol. The number of piperazine rings is 1. The van der Waals surface area contributed by atoms with Crippen LogP contribution in [0.4, 0.5) is 4.39 Å². The molecule has 2 aromatic carbocycles. The van der Waals surface area contributed by atoms with Gasteiger partial charge in [0.1, 0.15) is 17.3 Å². The fourth-order valence-electron chi connectivity index (χ4n) is 8.37. The van der Waals surface area contributed by atoms with Gasteiger partial charge >= 0.3 is 5.69 Å². The minimum atomic E-state index is -0.643. The van der Waals surface area contributed by atoms with Crippen molar-refractivity contribution in [1.29, 1.82) is 0 Å². The number of amides is 1. The van der Waals surface area contributed by atoms with E-state index < -0.39 is 23.1 Å². The minimum Gasteiger partial charge on any atom is -0.348 e. The number of benzene rings is 2. The molecule has 12 heteroatoms. The first-order chi connectivity index (χ1) is 25.8. The summed E-state index contributed by atoms with van der Waals surface area (Å²) in [5.41, 5.74) is 3.20. The van der Waals surface area contributed by atoms with Crippen LogP contribution in [0.2, 0.25) is 0 Å². The SMILES string of the molecule is CCCN1CCN(Cc2ccc(-c3cccc(-n4c(=O)n([C@H]5CC[C@@H](NC(=O)c6cn7c(n6)CCCC7)CC5)c(=O)c5cc(F)cnc54)c3)cc2)CC1. The topological polar surface area (TPSA) is 110 Å². The van der Waals surface area contributed by atoms with Crippen LogP contribution in [0.15, 0.2) is 76.6 Å². The molecule has 276 valence electrons. The van der Waals surface area contributed by atoms with Crippen LogP contribution in [0.25, 0.3) is 27.8 Å². The van der Waals surface area contributed by atoms with Crippen LogP contribution in [0.1, 0.15) is 79.8 Å². The number of pyridine rings is 1. The summed E-state index contributed by atoms with van der Waals surface area (Å²) < 4.78 is 19.3. The monoisotopic (exact) mass is 718 g/mol. The number of carbonyl (C=O) groups excluding carboxylic acids is 1. The number of hydrogen-bond donors (Lipinski definition) is 1. The second-order valence-corrected chi connectivity index (χ2v) is 14.9. The van der Waals surface area contributed by atoms with Gasteiger partial charge in [-0.1, -0.05) is 43.3 Å². The molecule has 1 saturated heterocycles. The van der Waals surface area contributed by atoms with Gasteiger partial charge in [0.05, 0.1) is 17.3 Å². The zero-order chi connectivity index (χ0) is 36.5. The lowest BCUT2D eigenvalue weighted by atomic mass is 9.90. The molecule has 1 saturated carbocycles. The van der Waals surface area contributed by atoms with Gasteiger partial charge in [-0.15, -0.1) is 0 Å². The van der Waals surface area contributed by atoms with E-state index >= 15 is 0 Å². The summed E-state index contributed by atoms with van der Waals surface area (Å²) in [6.07, 6.45) is 9.31. The molecular weight excluding hydrogens is 672 g/mol. The van der Waals surface area contributed by atoms with E-state index in [1.807, 2.05) is 30.5 Å². The highest BCUT2D eigenvalue weighted by Gasteiger charge is 2.29. The van der Waals surface area contributed by atoms with E-state index in [-0.39, 0.29) is 23.0 Å². The van der Waals surface area contributed by atoms with E-state index in [0.29, 0.717) is 37.1 Å². The number of nitrogens with one attached hydrogen (secondary N) is 1. The Morgan fingerprint density at radius 2 is 1.68 bits per heavy atom. The van der Waals surface area contributed by atoms with E-state index in [2.05, 4.69) is 60.8 Å². The first-order valence-electron chi connectivity index (χ1n) is 19.2. The fourth-order valence-corrected chi connectivity index (χ4v) is 8.37. The maximum Gasteiger partial charge on any atom is 0.337 e. The van der Waals surface area contributed by atoms with E-state index in [0.717, 1.165) is 88.2 Å². The van der Waals surface area contributed by atoms with Gasteiger partial charge in [-0.2, -0.15) is 0 Å². The summed E-state index contributed by atoms with van der Waals surface area (Å²) in [7, 11) is 0. The Morgan fingerprint density at radius 3 is 2.43 bits per heavy atom. The van der Waals surface area contributed by atoms with Gasteiger partial charge in [0.2, 0.25) is 0 Å². The number of fused-ring (bicyclic) bond motifs is 2. The largest absolute Gasteiger partial charge is 0.348 e. The molecule has 1 aliphatic carbocycles. The smallest absolute Gasteiger partial charge is 0.337 e. The molecule has 5 heterocycles. The molecule has 0 bridgehead atoms. The predicted molar refractivity (Wildman–Crippen MR) is 203 cm³/mol. The summed E-state index contributed by atoms with van der Waals surface area (Å²) in [6, 6.07) is 16.8. The van der Waals surface area contributed by atoms with E-state index in [1.54, 1.807) is 0 Å². The Labute approximate surface area is 308 Å². The van der Waals surface area contributed by atoms with Gasteiger partial charge in [-0.25, -0.2) is 23.7 Å². The second-order valence-electron chi connectivity index (χ2n) is 14.9. The van der Waals surface area contributed by atoms with Crippen LogP contribution >= 0.6 is 0 Å². The first kappa shape index (κ1) is 35.1. The van der Waals surface area contributed by atoms with Crippen molar-refractivity contribution in [2.75, 3.05) is 32.7 Å². The number of rotatable bonds is 9. The third kappa shape index (κ3) is 7.34. The molecule has 5 aromatic rings. The van der Waals surface area contributed by atoms with Crippen molar-refractivity contribution in [3.05, 3.63) is 111 Å². The molecule has 8 rings (SSSR count). The van der Waals surface area contributed by atoms with E-state index in [9.17, 15) is 18.8 Å². The van der Waals surface area contributed by atoms with E-state index in [4.69, 9.17) is 0 Å². The Morgan fingerprint density at radius 1 is 0.906 bits per heavy atom. The molecule has 0 unspecified atom stereocenters. The van der Waals surface area contributed by atoms with Gasteiger partial charge in [-0.3, -0.25) is 19.1 Å². The number of halogens is 1. The molecule has 53 heavy (non-hydrogen) atoms. The first-order valence-corrected chi connectivity index (χ1v) is 19.2. The van der Waals surface area contributed by atoms with Crippen molar-refractivity contribution < 1.29 is 9.18 Å². The molecule has 0 atom stereocenters. The van der Waals surface area contributed by atoms with Gasteiger partial charge < -0.3 is 14.8 Å². The predicted octanol–water partition coefficient (Wildman–Crippen LogP) is 5.33.